The monoisotopic (exact) mass is 329 g/mol. The highest BCUT2D eigenvalue weighted by Crippen LogP contribution is 2.25. The number of benzene rings is 1. The fourth-order valence-corrected chi connectivity index (χ4v) is 2.71. The van der Waals surface area contributed by atoms with Crippen LogP contribution in [0, 0.1) is 6.92 Å². The third-order valence-corrected chi connectivity index (χ3v) is 3.86. The highest BCUT2D eigenvalue weighted by atomic mass is 16.3. The van der Waals surface area contributed by atoms with Crippen molar-refractivity contribution in [3.05, 3.63) is 78.2 Å². The molecule has 0 radical (unpaired) electrons. The first-order valence-electron chi connectivity index (χ1n) is 7.89. The van der Waals surface area contributed by atoms with Crippen LogP contribution in [0.15, 0.2) is 71.3 Å². The van der Waals surface area contributed by atoms with E-state index in [1.807, 2.05) is 49.4 Å². The smallest absolute Gasteiger partial charge is 0.257 e. The van der Waals surface area contributed by atoms with Crippen LogP contribution in [0.4, 0.5) is 5.82 Å². The van der Waals surface area contributed by atoms with Crippen LogP contribution in [0.3, 0.4) is 0 Å². The molecule has 1 N–H and O–H groups in total. The van der Waals surface area contributed by atoms with Crippen LogP contribution in [0.25, 0.3) is 22.4 Å². The molecule has 5 heteroatoms. The maximum absolute atomic E-state index is 12.9. The molecule has 0 aliphatic rings. The number of amides is 1. The third kappa shape index (κ3) is 2.99. The lowest BCUT2D eigenvalue weighted by Crippen LogP contribution is -2.14. The number of para-hydroxylation sites is 1. The summed E-state index contributed by atoms with van der Waals surface area (Å²) < 4.78 is 5.43. The molecule has 3 aromatic heterocycles. The summed E-state index contributed by atoms with van der Waals surface area (Å²) in [7, 11) is 0. The van der Waals surface area contributed by atoms with Crippen molar-refractivity contribution in [2.24, 2.45) is 0 Å². The number of nitrogens with zero attached hydrogens (tertiary/aromatic N) is 2. The van der Waals surface area contributed by atoms with Crippen molar-refractivity contribution >= 4 is 22.6 Å². The van der Waals surface area contributed by atoms with Crippen molar-refractivity contribution in [2.75, 3.05) is 5.32 Å². The molecule has 0 unspecified atom stereocenters. The number of fused-ring (bicyclic) bond motifs is 1. The molecule has 0 aliphatic carbocycles. The van der Waals surface area contributed by atoms with Gasteiger partial charge in [0, 0.05) is 11.1 Å². The number of aromatic nitrogens is 2. The lowest BCUT2D eigenvalue weighted by molar-refractivity contribution is 0.102. The first-order valence-corrected chi connectivity index (χ1v) is 7.89. The van der Waals surface area contributed by atoms with Gasteiger partial charge in [-0.3, -0.25) is 4.79 Å². The van der Waals surface area contributed by atoms with E-state index >= 15 is 0 Å². The zero-order chi connectivity index (χ0) is 17.2. The fraction of sp³-hybridized carbons (Fsp3) is 0.0500. The molecule has 0 saturated heterocycles. The van der Waals surface area contributed by atoms with Gasteiger partial charge in [-0.25, -0.2) is 9.97 Å². The topological polar surface area (TPSA) is 68.0 Å². The summed E-state index contributed by atoms with van der Waals surface area (Å²) in [5, 5.41) is 3.64. The molecule has 4 rings (SSSR count). The van der Waals surface area contributed by atoms with E-state index in [4.69, 9.17) is 4.42 Å². The molecule has 0 fully saturated rings. The predicted octanol–water partition coefficient (Wildman–Crippen LogP) is 4.45. The number of hydrogen-bond acceptors (Lipinski definition) is 4. The molecule has 0 spiro atoms. The molecule has 0 saturated carbocycles. The average molecular weight is 329 g/mol. The third-order valence-electron chi connectivity index (χ3n) is 3.86. The molecule has 122 valence electrons. The average Bonchev–Trinajstić information content (AvgIpc) is 3.15. The Bertz CT molecular complexity index is 1060. The number of anilines is 1. The Morgan fingerprint density at radius 2 is 1.88 bits per heavy atom. The van der Waals surface area contributed by atoms with Gasteiger partial charge in [0.25, 0.3) is 5.91 Å². The van der Waals surface area contributed by atoms with E-state index in [2.05, 4.69) is 15.3 Å². The van der Waals surface area contributed by atoms with Crippen LogP contribution in [-0.4, -0.2) is 15.9 Å². The van der Waals surface area contributed by atoms with E-state index in [9.17, 15) is 4.79 Å². The van der Waals surface area contributed by atoms with Gasteiger partial charge in [0.1, 0.15) is 11.5 Å². The molecule has 3 heterocycles. The number of rotatable bonds is 3. The molecular weight excluding hydrogens is 314 g/mol. The summed E-state index contributed by atoms with van der Waals surface area (Å²) in [4.78, 5) is 21.8. The Labute approximate surface area is 144 Å². The Balaban J connectivity index is 1.80. The van der Waals surface area contributed by atoms with E-state index < -0.39 is 0 Å². The first-order chi connectivity index (χ1) is 12.2. The van der Waals surface area contributed by atoms with Gasteiger partial charge in [-0.2, -0.15) is 0 Å². The van der Waals surface area contributed by atoms with Gasteiger partial charge in [0.05, 0.1) is 17.3 Å². The lowest BCUT2D eigenvalue weighted by Gasteiger charge is -2.09. The summed E-state index contributed by atoms with van der Waals surface area (Å²) in [5.74, 6) is 0.906. The number of pyridine rings is 2. The van der Waals surface area contributed by atoms with Gasteiger partial charge >= 0.3 is 0 Å². The van der Waals surface area contributed by atoms with Crippen LogP contribution in [0.1, 0.15) is 16.1 Å². The SMILES string of the molecule is Cc1cccc(NC(=O)c2cc(-c3ccco3)nc3ccccc23)n1. The van der Waals surface area contributed by atoms with Crippen LogP contribution in [-0.2, 0) is 0 Å². The summed E-state index contributed by atoms with van der Waals surface area (Å²) in [5.41, 5.74) is 2.72. The summed E-state index contributed by atoms with van der Waals surface area (Å²) in [6.45, 7) is 1.88. The van der Waals surface area contributed by atoms with Crippen LogP contribution in [0.5, 0.6) is 0 Å². The minimum absolute atomic E-state index is 0.232. The maximum Gasteiger partial charge on any atom is 0.257 e. The molecule has 0 bridgehead atoms. The van der Waals surface area contributed by atoms with E-state index in [-0.39, 0.29) is 5.91 Å². The molecular formula is C20H15N3O2. The highest BCUT2D eigenvalue weighted by molar-refractivity contribution is 6.12. The molecule has 4 aromatic rings. The van der Waals surface area contributed by atoms with Crippen molar-refractivity contribution in [1.82, 2.24) is 9.97 Å². The largest absolute Gasteiger partial charge is 0.463 e. The highest BCUT2D eigenvalue weighted by Gasteiger charge is 2.15. The number of carbonyl (C=O) groups excluding carboxylic acids is 1. The summed E-state index contributed by atoms with van der Waals surface area (Å²) >= 11 is 0. The number of furan rings is 1. The fourth-order valence-electron chi connectivity index (χ4n) is 2.71. The van der Waals surface area contributed by atoms with Gasteiger partial charge in [-0.1, -0.05) is 24.3 Å². The van der Waals surface area contributed by atoms with Crippen molar-refractivity contribution < 1.29 is 9.21 Å². The van der Waals surface area contributed by atoms with Gasteiger partial charge in [-0.15, -0.1) is 0 Å². The zero-order valence-electron chi connectivity index (χ0n) is 13.6. The minimum atomic E-state index is -0.232. The van der Waals surface area contributed by atoms with Gasteiger partial charge in [0.2, 0.25) is 0 Å². The van der Waals surface area contributed by atoms with E-state index in [0.29, 0.717) is 22.8 Å². The van der Waals surface area contributed by atoms with Crippen molar-refractivity contribution in [1.29, 1.82) is 0 Å². The zero-order valence-corrected chi connectivity index (χ0v) is 13.6. The van der Waals surface area contributed by atoms with Crippen molar-refractivity contribution in [3.63, 3.8) is 0 Å². The van der Waals surface area contributed by atoms with Gasteiger partial charge in [0.15, 0.2) is 5.76 Å². The van der Waals surface area contributed by atoms with E-state index in [1.165, 1.54) is 0 Å². The van der Waals surface area contributed by atoms with E-state index in [0.717, 1.165) is 16.6 Å². The first kappa shape index (κ1) is 15.1. The van der Waals surface area contributed by atoms with E-state index in [1.54, 1.807) is 24.5 Å². The normalized spacial score (nSPS) is 10.8. The Morgan fingerprint density at radius 1 is 1.00 bits per heavy atom. The molecule has 0 atom stereocenters. The van der Waals surface area contributed by atoms with Gasteiger partial charge < -0.3 is 9.73 Å². The molecule has 1 amide bonds. The molecule has 5 nitrogen and oxygen atoms in total. The maximum atomic E-state index is 12.9. The predicted molar refractivity (Wildman–Crippen MR) is 96.4 cm³/mol. The second-order valence-corrected chi connectivity index (χ2v) is 5.67. The number of hydrogen-bond donors (Lipinski definition) is 1. The quantitative estimate of drug-likeness (QED) is 0.603. The Hall–Kier alpha value is -3.47. The van der Waals surface area contributed by atoms with Crippen molar-refractivity contribution in [2.45, 2.75) is 6.92 Å². The van der Waals surface area contributed by atoms with Crippen LogP contribution in [0.2, 0.25) is 0 Å². The van der Waals surface area contributed by atoms with Crippen molar-refractivity contribution in [3.8, 4) is 11.5 Å². The Kier molecular flexibility index (Phi) is 3.74. The Morgan fingerprint density at radius 3 is 2.68 bits per heavy atom. The number of nitrogens with one attached hydrogen (secondary N) is 1. The minimum Gasteiger partial charge on any atom is -0.463 e. The number of carbonyl (C=O) groups is 1. The molecule has 0 aliphatic heterocycles. The summed E-state index contributed by atoms with van der Waals surface area (Å²) in [6, 6.07) is 18.4. The lowest BCUT2D eigenvalue weighted by atomic mass is 10.1. The molecule has 1 aromatic carbocycles. The standard InChI is InChI=1S/C20H15N3O2/c1-13-6-4-10-19(21-13)23-20(24)15-12-17(18-9-5-11-25-18)22-16-8-3-2-7-14(15)16/h2-12H,1H3,(H,21,23,24). The number of aryl methyl sites for hydroxylation is 1. The second kappa shape index (κ2) is 6.20. The second-order valence-electron chi connectivity index (χ2n) is 5.67. The van der Waals surface area contributed by atoms with Gasteiger partial charge in [-0.05, 0) is 43.3 Å². The van der Waals surface area contributed by atoms with Crippen LogP contribution >= 0.6 is 0 Å². The molecule has 25 heavy (non-hydrogen) atoms. The van der Waals surface area contributed by atoms with Crippen LogP contribution < -0.4 is 5.32 Å². The summed E-state index contributed by atoms with van der Waals surface area (Å²) in [6.07, 6.45) is 1.59.